The van der Waals surface area contributed by atoms with Gasteiger partial charge in [0.05, 0.1) is 36.8 Å². The molecule has 3 aromatic carbocycles. The predicted octanol–water partition coefficient (Wildman–Crippen LogP) is 5.69. The van der Waals surface area contributed by atoms with Gasteiger partial charge in [0, 0.05) is 12.1 Å². The van der Waals surface area contributed by atoms with Crippen molar-refractivity contribution in [2.75, 3.05) is 20.3 Å². The highest BCUT2D eigenvalue weighted by atomic mass is 35.5. The lowest BCUT2D eigenvalue weighted by Gasteiger charge is -2.26. The molecule has 0 bridgehead atoms. The van der Waals surface area contributed by atoms with Crippen LogP contribution in [0.3, 0.4) is 0 Å². The number of ether oxygens (including phenoxy) is 4. The quantitative estimate of drug-likeness (QED) is 0.110. The van der Waals surface area contributed by atoms with Crippen LogP contribution in [-0.4, -0.2) is 48.0 Å². The first-order valence-corrected chi connectivity index (χ1v) is 14.0. The zero-order valence-corrected chi connectivity index (χ0v) is 25.0. The standard InChI is InChI=1S/C31H30ClN3O9/c1-4-12-43-25-11-8-20(15-26(25)42-5-2)17-34-30(37)23(29(36)33-31(34)38)13-21-14-24(32)28(27(16-21)41-3)44-18-19-6-9-22(10-7-19)35(39)40/h6-11,13-16H,4-5,12,17-18H2,1-3H3,(H,33,36,38)/b23-13+. The Bertz CT molecular complexity index is 1610. The molecule has 3 aromatic rings. The molecule has 0 unspecified atom stereocenters. The lowest BCUT2D eigenvalue weighted by molar-refractivity contribution is -0.384. The zero-order chi connectivity index (χ0) is 31.8. The van der Waals surface area contributed by atoms with E-state index < -0.39 is 22.8 Å². The van der Waals surface area contributed by atoms with Gasteiger partial charge in [-0.2, -0.15) is 0 Å². The molecule has 1 saturated heterocycles. The number of hydrogen-bond donors (Lipinski definition) is 1. The van der Waals surface area contributed by atoms with E-state index in [0.29, 0.717) is 41.4 Å². The second-order valence-electron chi connectivity index (χ2n) is 9.52. The van der Waals surface area contributed by atoms with Gasteiger partial charge in [-0.1, -0.05) is 24.6 Å². The maximum atomic E-state index is 13.4. The van der Waals surface area contributed by atoms with Crippen molar-refractivity contribution in [1.82, 2.24) is 10.2 Å². The van der Waals surface area contributed by atoms with E-state index in [0.717, 1.165) is 11.3 Å². The van der Waals surface area contributed by atoms with E-state index in [-0.39, 0.29) is 40.9 Å². The van der Waals surface area contributed by atoms with Gasteiger partial charge in [0.1, 0.15) is 12.2 Å². The Morgan fingerprint density at radius 3 is 2.32 bits per heavy atom. The summed E-state index contributed by atoms with van der Waals surface area (Å²) >= 11 is 6.49. The first-order valence-electron chi connectivity index (χ1n) is 13.7. The summed E-state index contributed by atoms with van der Waals surface area (Å²) in [6.45, 7) is 4.64. The summed E-state index contributed by atoms with van der Waals surface area (Å²) in [5.74, 6) is -0.208. The lowest BCUT2D eigenvalue weighted by Crippen LogP contribution is -2.53. The van der Waals surface area contributed by atoms with Crippen LogP contribution in [0.15, 0.2) is 60.2 Å². The summed E-state index contributed by atoms with van der Waals surface area (Å²) in [4.78, 5) is 50.1. The molecule has 4 rings (SSSR count). The molecule has 230 valence electrons. The number of nitrogens with zero attached hydrogens (tertiary/aromatic N) is 2. The van der Waals surface area contributed by atoms with Crippen LogP contribution in [0.25, 0.3) is 6.08 Å². The van der Waals surface area contributed by atoms with Gasteiger partial charge >= 0.3 is 6.03 Å². The fraction of sp³-hybridized carbons (Fsp3) is 0.258. The fourth-order valence-corrected chi connectivity index (χ4v) is 4.54. The third kappa shape index (κ3) is 7.45. The van der Waals surface area contributed by atoms with Crippen LogP contribution in [-0.2, 0) is 22.7 Å². The molecule has 0 saturated carbocycles. The van der Waals surface area contributed by atoms with Crippen molar-refractivity contribution in [3.8, 4) is 23.0 Å². The van der Waals surface area contributed by atoms with E-state index in [4.69, 9.17) is 30.5 Å². The Hall–Kier alpha value is -5.10. The van der Waals surface area contributed by atoms with Gasteiger partial charge in [0.25, 0.3) is 17.5 Å². The van der Waals surface area contributed by atoms with Crippen molar-refractivity contribution in [2.45, 2.75) is 33.4 Å². The van der Waals surface area contributed by atoms with Crippen molar-refractivity contribution in [1.29, 1.82) is 0 Å². The molecule has 4 amide bonds. The van der Waals surface area contributed by atoms with E-state index in [1.807, 2.05) is 13.8 Å². The van der Waals surface area contributed by atoms with Crippen molar-refractivity contribution >= 4 is 41.2 Å². The van der Waals surface area contributed by atoms with Gasteiger partial charge < -0.3 is 18.9 Å². The Balaban J connectivity index is 1.55. The molecule has 0 spiro atoms. The van der Waals surface area contributed by atoms with Crippen molar-refractivity contribution in [3.05, 3.63) is 92.0 Å². The number of rotatable bonds is 13. The second kappa shape index (κ2) is 14.4. The summed E-state index contributed by atoms with van der Waals surface area (Å²) < 4.78 is 22.7. The number of amides is 4. The summed E-state index contributed by atoms with van der Waals surface area (Å²) in [5.41, 5.74) is 1.27. The van der Waals surface area contributed by atoms with Crippen LogP contribution in [0.5, 0.6) is 23.0 Å². The highest BCUT2D eigenvalue weighted by Gasteiger charge is 2.36. The fourth-order valence-electron chi connectivity index (χ4n) is 4.27. The zero-order valence-electron chi connectivity index (χ0n) is 24.3. The van der Waals surface area contributed by atoms with E-state index in [9.17, 15) is 24.5 Å². The second-order valence-corrected chi connectivity index (χ2v) is 9.92. The number of nitrogens with one attached hydrogen (secondary N) is 1. The number of carbonyl (C=O) groups is 3. The molecular weight excluding hydrogens is 594 g/mol. The number of hydrogen-bond acceptors (Lipinski definition) is 9. The minimum Gasteiger partial charge on any atom is -0.493 e. The molecule has 1 N–H and O–H groups in total. The molecule has 0 atom stereocenters. The number of non-ortho nitro benzene ring substituents is 1. The van der Waals surface area contributed by atoms with Crippen LogP contribution < -0.4 is 24.3 Å². The summed E-state index contributed by atoms with van der Waals surface area (Å²) in [6.07, 6.45) is 2.12. The number of nitro benzene ring substituents is 1. The number of carbonyl (C=O) groups excluding carboxylic acids is 3. The van der Waals surface area contributed by atoms with E-state index in [1.165, 1.54) is 37.5 Å². The van der Waals surface area contributed by atoms with Crippen LogP contribution in [0, 0.1) is 10.1 Å². The maximum absolute atomic E-state index is 13.4. The largest absolute Gasteiger partial charge is 0.493 e. The number of benzene rings is 3. The number of barbiturate groups is 1. The van der Waals surface area contributed by atoms with E-state index in [1.54, 1.807) is 30.3 Å². The Morgan fingerprint density at radius 2 is 1.66 bits per heavy atom. The highest BCUT2D eigenvalue weighted by molar-refractivity contribution is 6.33. The van der Waals surface area contributed by atoms with Gasteiger partial charge in [-0.25, -0.2) is 4.79 Å². The van der Waals surface area contributed by atoms with Gasteiger partial charge in [0.15, 0.2) is 23.0 Å². The topological polar surface area (TPSA) is 147 Å². The Kier molecular flexibility index (Phi) is 10.4. The van der Waals surface area contributed by atoms with Crippen LogP contribution in [0.1, 0.15) is 37.0 Å². The normalized spacial score (nSPS) is 14.0. The number of methoxy groups -OCH3 is 1. The average Bonchev–Trinajstić information content (AvgIpc) is 3.00. The molecular formula is C31H30ClN3O9. The molecule has 1 fully saturated rings. The highest BCUT2D eigenvalue weighted by Crippen LogP contribution is 2.38. The molecule has 44 heavy (non-hydrogen) atoms. The molecule has 1 heterocycles. The van der Waals surface area contributed by atoms with Gasteiger partial charge in [-0.05, 0) is 72.5 Å². The minimum atomic E-state index is -0.858. The van der Waals surface area contributed by atoms with Crippen molar-refractivity contribution < 1.29 is 38.3 Å². The minimum absolute atomic E-state index is 0.0448. The number of urea groups is 1. The summed E-state index contributed by atoms with van der Waals surface area (Å²) in [5, 5.41) is 13.2. The summed E-state index contributed by atoms with van der Waals surface area (Å²) in [6, 6.07) is 13.1. The van der Waals surface area contributed by atoms with Crippen molar-refractivity contribution in [2.24, 2.45) is 0 Å². The Morgan fingerprint density at radius 1 is 0.932 bits per heavy atom. The van der Waals surface area contributed by atoms with Gasteiger partial charge in [-0.15, -0.1) is 0 Å². The SMILES string of the molecule is CCCOc1ccc(CN2C(=O)NC(=O)/C(=C\c3cc(Cl)c(OCc4ccc([N+](=O)[O-])cc4)c(OC)c3)C2=O)cc1OCC. The number of imide groups is 2. The van der Waals surface area contributed by atoms with E-state index in [2.05, 4.69) is 5.32 Å². The molecule has 0 aromatic heterocycles. The number of nitro groups is 1. The molecule has 0 radical (unpaired) electrons. The van der Waals surface area contributed by atoms with Crippen molar-refractivity contribution in [3.63, 3.8) is 0 Å². The third-order valence-corrected chi connectivity index (χ3v) is 6.67. The molecule has 1 aliphatic rings. The first kappa shape index (κ1) is 31.8. The molecule has 0 aliphatic carbocycles. The molecule has 13 heteroatoms. The van der Waals surface area contributed by atoms with E-state index >= 15 is 0 Å². The smallest absolute Gasteiger partial charge is 0.331 e. The average molecular weight is 624 g/mol. The molecule has 1 aliphatic heterocycles. The van der Waals surface area contributed by atoms with Gasteiger partial charge in [-0.3, -0.25) is 29.9 Å². The maximum Gasteiger partial charge on any atom is 0.331 e. The lowest BCUT2D eigenvalue weighted by atomic mass is 10.1. The molecule has 12 nitrogen and oxygen atoms in total. The monoisotopic (exact) mass is 623 g/mol. The third-order valence-electron chi connectivity index (χ3n) is 6.39. The van der Waals surface area contributed by atoms with Crippen LogP contribution in [0.2, 0.25) is 5.02 Å². The number of halogens is 1. The van der Waals surface area contributed by atoms with Crippen LogP contribution in [0.4, 0.5) is 10.5 Å². The van der Waals surface area contributed by atoms with Gasteiger partial charge in [0.2, 0.25) is 0 Å². The predicted molar refractivity (Wildman–Crippen MR) is 161 cm³/mol. The first-order chi connectivity index (χ1) is 21.1. The Labute approximate surface area is 258 Å². The summed E-state index contributed by atoms with van der Waals surface area (Å²) in [7, 11) is 1.40. The van der Waals surface area contributed by atoms with Crippen LogP contribution >= 0.6 is 11.6 Å².